The number of hydrogen-bond acceptors (Lipinski definition) is 4. The van der Waals surface area contributed by atoms with Crippen molar-refractivity contribution in [1.82, 2.24) is 9.97 Å². The topological polar surface area (TPSA) is 52.1 Å². The maximum Gasteiger partial charge on any atom is 0.309 e. The van der Waals surface area contributed by atoms with E-state index in [2.05, 4.69) is 9.97 Å². The van der Waals surface area contributed by atoms with Crippen LogP contribution in [0.15, 0.2) is 24.8 Å². The second-order valence-corrected chi connectivity index (χ2v) is 4.71. The Balaban J connectivity index is 0.000000181. The van der Waals surface area contributed by atoms with E-state index in [1.54, 1.807) is 18.5 Å². The second-order valence-electron chi connectivity index (χ2n) is 4.71. The van der Waals surface area contributed by atoms with Crippen LogP contribution in [0.2, 0.25) is 0 Å². The van der Waals surface area contributed by atoms with Gasteiger partial charge in [-0.3, -0.25) is 4.79 Å². The fraction of sp³-hybridized carbons (Fsp3) is 0.583. The first-order valence-corrected chi connectivity index (χ1v) is 5.42. The Labute approximate surface area is 96.1 Å². The molecule has 0 saturated heterocycles. The first-order valence-electron chi connectivity index (χ1n) is 5.42. The lowest BCUT2D eigenvalue weighted by atomic mass is 10.2. The number of carbonyl (C=O) groups is 1. The van der Waals surface area contributed by atoms with E-state index in [0.29, 0.717) is 0 Å². The first-order chi connectivity index (χ1) is 7.49. The molecule has 1 saturated carbocycles. The summed E-state index contributed by atoms with van der Waals surface area (Å²) >= 11 is 0. The molecule has 1 heterocycles. The maximum atomic E-state index is 11.0. The molecule has 0 N–H and O–H groups in total. The van der Waals surface area contributed by atoms with Gasteiger partial charge in [0.2, 0.25) is 0 Å². The molecule has 0 atom stereocenters. The van der Waals surface area contributed by atoms with Crippen molar-refractivity contribution < 1.29 is 9.53 Å². The molecule has 0 bridgehead atoms. The first kappa shape index (κ1) is 12.6. The molecule has 0 spiro atoms. The van der Waals surface area contributed by atoms with Crippen LogP contribution in [-0.2, 0) is 9.53 Å². The van der Waals surface area contributed by atoms with E-state index < -0.39 is 0 Å². The quantitative estimate of drug-likeness (QED) is 0.684. The van der Waals surface area contributed by atoms with Gasteiger partial charge in [-0.25, -0.2) is 9.97 Å². The van der Waals surface area contributed by atoms with Gasteiger partial charge >= 0.3 is 5.97 Å². The van der Waals surface area contributed by atoms with Crippen LogP contribution in [0, 0.1) is 5.92 Å². The molecule has 1 aliphatic carbocycles. The van der Waals surface area contributed by atoms with Crippen LogP contribution in [-0.4, -0.2) is 21.5 Å². The molecular formula is C12H18N2O2. The molecule has 0 amide bonds. The number of hydrogen-bond donors (Lipinski definition) is 0. The Bertz CT molecular complexity index is 289. The van der Waals surface area contributed by atoms with E-state index in [1.165, 1.54) is 6.33 Å². The van der Waals surface area contributed by atoms with Crippen LogP contribution in [0.5, 0.6) is 0 Å². The van der Waals surface area contributed by atoms with Crippen molar-refractivity contribution in [2.45, 2.75) is 39.2 Å². The molecule has 0 unspecified atom stereocenters. The third kappa shape index (κ3) is 6.11. The lowest BCUT2D eigenvalue weighted by molar-refractivity contribution is -0.156. The number of nitrogens with zero attached hydrogens (tertiary/aromatic N) is 2. The molecule has 2 rings (SSSR count). The summed E-state index contributed by atoms with van der Waals surface area (Å²) in [5.41, 5.74) is -0.306. The van der Waals surface area contributed by atoms with E-state index >= 15 is 0 Å². The van der Waals surface area contributed by atoms with E-state index in [-0.39, 0.29) is 17.5 Å². The number of carbonyl (C=O) groups excluding carboxylic acids is 1. The van der Waals surface area contributed by atoms with Crippen molar-refractivity contribution >= 4 is 5.97 Å². The van der Waals surface area contributed by atoms with Crippen molar-refractivity contribution in [2.75, 3.05) is 0 Å². The normalized spacial score (nSPS) is 14.7. The Hall–Kier alpha value is -1.45. The Morgan fingerprint density at radius 1 is 1.25 bits per heavy atom. The van der Waals surface area contributed by atoms with Gasteiger partial charge in [0.05, 0.1) is 5.92 Å². The van der Waals surface area contributed by atoms with Crippen LogP contribution in [0.3, 0.4) is 0 Å². The van der Waals surface area contributed by atoms with Crippen LogP contribution < -0.4 is 0 Å². The summed E-state index contributed by atoms with van der Waals surface area (Å²) in [6, 6.07) is 1.78. The molecule has 0 aliphatic heterocycles. The lowest BCUT2D eigenvalue weighted by Crippen LogP contribution is -2.24. The summed E-state index contributed by atoms with van der Waals surface area (Å²) in [5.74, 6) is 0.201. The number of rotatable bonds is 1. The zero-order chi connectivity index (χ0) is 12.0. The number of ether oxygens (including phenoxy) is 1. The van der Waals surface area contributed by atoms with E-state index in [1.807, 2.05) is 20.8 Å². The van der Waals surface area contributed by atoms with Crippen LogP contribution in [0.25, 0.3) is 0 Å². The fourth-order valence-corrected chi connectivity index (χ4v) is 0.957. The van der Waals surface area contributed by atoms with E-state index in [4.69, 9.17) is 4.74 Å². The van der Waals surface area contributed by atoms with Crippen LogP contribution >= 0.6 is 0 Å². The molecule has 4 nitrogen and oxygen atoms in total. The third-order valence-electron chi connectivity index (χ3n) is 1.80. The predicted molar refractivity (Wildman–Crippen MR) is 60.6 cm³/mol. The van der Waals surface area contributed by atoms with Crippen molar-refractivity contribution in [3.8, 4) is 0 Å². The Kier molecular flexibility index (Phi) is 4.40. The molecule has 4 heteroatoms. The highest BCUT2D eigenvalue weighted by Crippen LogP contribution is 2.31. The average molecular weight is 222 g/mol. The summed E-state index contributed by atoms with van der Waals surface area (Å²) in [4.78, 5) is 18.3. The highest BCUT2D eigenvalue weighted by atomic mass is 16.6. The molecule has 1 aliphatic rings. The predicted octanol–water partition coefficient (Wildman–Crippen LogP) is 2.21. The molecule has 1 aromatic rings. The van der Waals surface area contributed by atoms with Gasteiger partial charge < -0.3 is 4.74 Å². The molecule has 1 aromatic heterocycles. The zero-order valence-electron chi connectivity index (χ0n) is 10.0. The SMILES string of the molecule is CC(C)(C)OC(=O)C1CC1.c1cncnc1. The highest BCUT2D eigenvalue weighted by Gasteiger charge is 2.33. The molecule has 16 heavy (non-hydrogen) atoms. The van der Waals surface area contributed by atoms with Gasteiger partial charge in [-0.05, 0) is 39.7 Å². The fourth-order valence-electron chi connectivity index (χ4n) is 0.957. The molecular weight excluding hydrogens is 204 g/mol. The van der Waals surface area contributed by atoms with Crippen LogP contribution in [0.4, 0.5) is 0 Å². The van der Waals surface area contributed by atoms with Gasteiger partial charge in [-0.2, -0.15) is 0 Å². The Morgan fingerprint density at radius 3 is 2.06 bits per heavy atom. The zero-order valence-corrected chi connectivity index (χ0v) is 10.0. The largest absolute Gasteiger partial charge is 0.460 e. The second kappa shape index (κ2) is 5.58. The van der Waals surface area contributed by atoms with E-state index in [9.17, 15) is 4.79 Å². The summed E-state index contributed by atoms with van der Waals surface area (Å²) in [6.07, 6.45) is 6.92. The van der Waals surface area contributed by atoms with Crippen molar-refractivity contribution in [3.05, 3.63) is 24.8 Å². The third-order valence-corrected chi connectivity index (χ3v) is 1.80. The van der Waals surface area contributed by atoms with Crippen LogP contribution in [0.1, 0.15) is 33.6 Å². The van der Waals surface area contributed by atoms with Gasteiger partial charge in [0.1, 0.15) is 11.9 Å². The minimum absolute atomic E-state index is 0.0208. The van der Waals surface area contributed by atoms with Gasteiger partial charge in [0, 0.05) is 12.4 Å². The smallest absolute Gasteiger partial charge is 0.309 e. The molecule has 0 radical (unpaired) electrons. The standard InChI is InChI=1S/C8H14O2.C4H4N2/c1-8(2,3)10-7(9)6-4-5-6;1-2-5-4-6-3-1/h6H,4-5H2,1-3H3;1-4H. The highest BCUT2D eigenvalue weighted by molar-refractivity contribution is 5.75. The van der Waals surface area contributed by atoms with E-state index in [0.717, 1.165) is 12.8 Å². The van der Waals surface area contributed by atoms with Gasteiger partial charge in [0.15, 0.2) is 0 Å². The summed E-state index contributed by atoms with van der Waals surface area (Å²) < 4.78 is 5.12. The summed E-state index contributed by atoms with van der Waals surface area (Å²) in [6.45, 7) is 5.69. The maximum absolute atomic E-state index is 11.0. The molecule has 0 aromatic carbocycles. The summed E-state index contributed by atoms with van der Waals surface area (Å²) in [7, 11) is 0. The lowest BCUT2D eigenvalue weighted by Gasteiger charge is -2.19. The Morgan fingerprint density at radius 2 is 1.81 bits per heavy atom. The van der Waals surface area contributed by atoms with Crippen molar-refractivity contribution in [2.24, 2.45) is 5.92 Å². The van der Waals surface area contributed by atoms with Crippen molar-refractivity contribution in [1.29, 1.82) is 0 Å². The van der Waals surface area contributed by atoms with Gasteiger partial charge in [-0.15, -0.1) is 0 Å². The summed E-state index contributed by atoms with van der Waals surface area (Å²) in [5, 5.41) is 0. The number of esters is 1. The minimum Gasteiger partial charge on any atom is -0.460 e. The minimum atomic E-state index is -0.306. The number of aromatic nitrogens is 2. The monoisotopic (exact) mass is 222 g/mol. The molecule has 88 valence electrons. The molecule has 1 fully saturated rings. The van der Waals surface area contributed by atoms with Gasteiger partial charge in [-0.1, -0.05) is 0 Å². The van der Waals surface area contributed by atoms with Gasteiger partial charge in [0.25, 0.3) is 0 Å². The average Bonchev–Trinajstić information content (AvgIpc) is 3.02. The van der Waals surface area contributed by atoms with Crippen molar-refractivity contribution in [3.63, 3.8) is 0 Å².